The first-order valence-electron chi connectivity index (χ1n) is 11.7. The van der Waals surface area contributed by atoms with Crippen molar-refractivity contribution in [1.29, 1.82) is 0 Å². The molecule has 4 unspecified atom stereocenters. The predicted molar refractivity (Wildman–Crippen MR) is 140 cm³/mol. The van der Waals surface area contributed by atoms with Gasteiger partial charge in [-0.05, 0) is 55.3 Å². The van der Waals surface area contributed by atoms with Crippen LogP contribution in [0.3, 0.4) is 0 Å². The van der Waals surface area contributed by atoms with Crippen LogP contribution in [0.4, 0.5) is 0 Å². The first-order valence-corrected chi connectivity index (χ1v) is 14.5. The number of carboxylic acids is 1. The Kier molecular flexibility index (Phi) is 12.4. The number of amides is 3. The summed E-state index contributed by atoms with van der Waals surface area (Å²) in [5.74, 6) is -1.02. The molecule has 1 aromatic carbocycles. The molecule has 194 valence electrons. The maximum absolute atomic E-state index is 13.4. The summed E-state index contributed by atoms with van der Waals surface area (Å²) >= 11 is 3.13. The van der Waals surface area contributed by atoms with Gasteiger partial charge in [-0.2, -0.15) is 23.5 Å². The number of nitrogens with two attached hydrogens (primary N) is 1. The largest absolute Gasteiger partial charge is 0.480 e. The maximum atomic E-state index is 13.4. The summed E-state index contributed by atoms with van der Waals surface area (Å²) in [6, 6.07) is 5.80. The first kappa shape index (κ1) is 29.0. The number of carbonyl (C=O) groups is 4. The van der Waals surface area contributed by atoms with E-state index in [0.717, 1.165) is 11.3 Å². The van der Waals surface area contributed by atoms with Gasteiger partial charge in [0.15, 0.2) is 0 Å². The van der Waals surface area contributed by atoms with Crippen molar-refractivity contribution in [3.8, 4) is 0 Å². The zero-order chi connectivity index (χ0) is 25.8. The Balaban J connectivity index is 2.20. The lowest BCUT2D eigenvalue weighted by Crippen LogP contribution is -2.57. The number of aliphatic carboxylic acids is 1. The molecule has 5 N–H and O–H groups in total. The van der Waals surface area contributed by atoms with Crippen LogP contribution >= 0.6 is 23.5 Å². The number of hydrogen-bond acceptors (Lipinski definition) is 7. The van der Waals surface area contributed by atoms with Crippen LogP contribution in [0.15, 0.2) is 30.3 Å². The van der Waals surface area contributed by atoms with Crippen LogP contribution < -0.4 is 16.4 Å². The molecule has 0 radical (unpaired) electrons. The smallest absolute Gasteiger partial charge is 0.326 e. The number of benzene rings is 1. The zero-order valence-corrected chi connectivity index (χ0v) is 21.9. The van der Waals surface area contributed by atoms with E-state index in [1.807, 2.05) is 42.8 Å². The Morgan fingerprint density at radius 1 is 1.03 bits per heavy atom. The van der Waals surface area contributed by atoms with E-state index in [2.05, 4.69) is 10.6 Å². The Morgan fingerprint density at radius 2 is 1.66 bits per heavy atom. The highest BCUT2D eigenvalue weighted by Crippen LogP contribution is 2.20. The molecular formula is C24H36N4O5S2. The van der Waals surface area contributed by atoms with E-state index < -0.39 is 47.9 Å². The lowest BCUT2D eigenvalue weighted by molar-refractivity contribution is -0.149. The summed E-state index contributed by atoms with van der Waals surface area (Å²) in [6.07, 6.45) is 5.89. The number of carboxylic acid groups (broad SMARTS) is 1. The molecule has 0 aliphatic carbocycles. The lowest BCUT2D eigenvalue weighted by atomic mass is 10.0. The number of hydrogen-bond donors (Lipinski definition) is 4. The number of nitrogens with one attached hydrogen (secondary N) is 2. The fraction of sp³-hybridized carbons (Fsp3) is 0.583. The third-order valence-corrected chi connectivity index (χ3v) is 7.22. The zero-order valence-electron chi connectivity index (χ0n) is 20.3. The Hall–Kier alpha value is -2.24. The van der Waals surface area contributed by atoms with Gasteiger partial charge in [0.25, 0.3) is 0 Å². The van der Waals surface area contributed by atoms with Crippen molar-refractivity contribution in [2.24, 2.45) is 5.73 Å². The molecule has 1 aromatic rings. The number of thioether (sulfide) groups is 2. The fourth-order valence-corrected chi connectivity index (χ4v) is 4.93. The summed E-state index contributed by atoms with van der Waals surface area (Å²) in [4.78, 5) is 52.3. The number of nitrogens with zero attached hydrogens (tertiary/aromatic N) is 1. The minimum absolute atomic E-state index is 0.213. The lowest BCUT2D eigenvalue weighted by Gasteiger charge is -2.29. The molecule has 1 aliphatic rings. The van der Waals surface area contributed by atoms with E-state index in [0.29, 0.717) is 38.0 Å². The van der Waals surface area contributed by atoms with Crippen molar-refractivity contribution in [2.75, 3.05) is 30.6 Å². The van der Waals surface area contributed by atoms with Gasteiger partial charge < -0.3 is 26.4 Å². The van der Waals surface area contributed by atoms with E-state index in [1.165, 1.54) is 4.90 Å². The minimum Gasteiger partial charge on any atom is -0.480 e. The second kappa shape index (κ2) is 15.0. The average Bonchev–Trinajstić information content (AvgIpc) is 3.35. The highest BCUT2D eigenvalue weighted by Gasteiger charge is 2.38. The van der Waals surface area contributed by atoms with E-state index >= 15 is 0 Å². The van der Waals surface area contributed by atoms with E-state index in [9.17, 15) is 24.3 Å². The third kappa shape index (κ3) is 9.05. The summed E-state index contributed by atoms with van der Waals surface area (Å²) in [6.45, 7) is 0.327. The quantitative estimate of drug-likeness (QED) is 0.284. The highest BCUT2D eigenvalue weighted by molar-refractivity contribution is 7.98. The normalized spacial score (nSPS) is 17.9. The summed E-state index contributed by atoms with van der Waals surface area (Å²) in [5.41, 5.74) is 6.81. The molecule has 9 nitrogen and oxygen atoms in total. The summed E-state index contributed by atoms with van der Waals surface area (Å²) < 4.78 is 0. The van der Waals surface area contributed by atoms with Crippen LogP contribution in [0.25, 0.3) is 0 Å². The summed E-state index contributed by atoms with van der Waals surface area (Å²) in [7, 11) is 0. The van der Waals surface area contributed by atoms with E-state index in [1.54, 1.807) is 23.5 Å². The predicted octanol–water partition coefficient (Wildman–Crippen LogP) is 1.11. The average molecular weight is 525 g/mol. The Labute approximate surface area is 215 Å². The number of carbonyl (C=O) groups excluding carboxylic acids is 3. The number of rotatable bonds is 14. The van der Waals surface area contributed by atoms with Crippen molar-refractivity contribution in [3.63, 3.8) is 0 Å². The molecule has 0 bridgehead atoms. The van der Waals surface area contributed by atoms with E-state index in [-0.39, 0.29) is 6.42 Å². The van der Waals surface area contributed by atoms with Crippen LogP contribution in [-0.2, 0) is 25.6 Å². The van der Waals surface area contributed by atoms with Crippen LogP contribution in [0.2, 0.25) is 0 Å². The molecule has 1 fully saturated rings. The molecule has 0 saturated carbocycles. The molecule has 1 heterocycles. The van der Waals surface area contributed by atoms with Gasteiger partial charge in [0, 0.05) is 13.0 Å². The molecule has 35 heavy (non-hydrogen) atoms. The van der Waals surface area contributed by atoms with Crippen LogP contribution in [0.5, 0.6) is 0 Å². The summed E-state index contributed by atoms with van der Waals surface area (Å²) in [5, 5.41) is 15.1. The van der Waals surface area contributed by atoms with Gasteiger partial charge in [-0.15, -0.1) is 0 Å². The van der Waals surface area contributed by atoms with Crippen molar-refractivity contribution < 1.29 is 24.3 Å². The molecule has 0 spiro atoms. The molecule has 2 rings (SSSR count). The van der Waals surface area contributed by atoms with Gasteiger partial charge in [-0.25, -0.2) is 4.79 Å². The molecule has 3 amide bonds. The maximum Gasteiger partial charge on any atom is 0.326 e. The topological polar surface area (TPSA) is 142 Å². The molecular weight excluding hydrogens is 488 g/mol. The standard InChI is InChI=1S/C24H36N4O5S2/c1-34-13-10-17(25)21(29)26-18(11-14-35-2)22(30)27-19(15-16-7-4-3-5-8-16)23(31)28-12-6-9-20(28)24(32)33/h3-5,7-8,17-20H,6,9-15,25H2,1-2H3,(H,26,29)(H,27,30)(H,32,33). The molecule has 11 heteroatoms. The van der Waals surface area contributed by atoms with Gasteiger partial charge in [-0.3, -0.25) is 14.4 Å². The van der Waals surface area contributed by atoms with Gasteiger partial charge in [0.2, 0.25) is 17.7 Å². The Morgan fingerprint density at radius 3 is 2.29 bits per heavy atom. The van der Waals surface area contributed by atoms with Crippen molar-refractivity contribution in [2.45, 2.75) is 56.3 Å². The van der Waals surface area contributed by atoms with Gasteiger partial charge in [0.05, 0.1) is 6.04 Å². The highest BCUT2D eigenvalue weighted by atomic mass is 32.2. The Bertz CT molecular complexity index is 858. The van der Waals surface area contributed by atoms with Crippen LogP contribution in [-0.4, -0.2) is 88.4 Å². The molecule has 1 saturated heterocycles. The second-order valence-electron chi connectivity index (χ2n) is 8.51. The van der Waals surface area contributed by atoms with Crippen molar-refractivity contribution in [1.82, 2.24) is 15.5 Å². The van der Waals surface area contributed by atoms with Crippen LogP contribution in [0.1, 0.15) is 31.2 Å². The SMILES string of the molecule is CSCCC(N)C(=O)NC(CCSC)C(=O)NC(Cc1ccccc1)C(=O)N1CCCC1C(=O)O. The number of likely N-dealkylation sites (tertiary alicyclic amines) is 1. The molecule has 1 aliphatic heterocycles. The fourth-order valence-electron chi connectivity index (χ4n) is 3.97. The third-order valence-electron chi connectivity index (χ3n) is 5.93. The first-order chi connectivity index (χ1) is 16.8. The van der Waals surface area contributed by atoms with E-state index in [4.69, 9.17) is 5.73 Å². The second-order valence-corrected chi connectivity index (χ2v) is 10.5. The van der Waals surface area contributed by atoms with Gasteiger partial charge >= 0.3 is 5.97 Å². The molecule has 4 atom stereocenters. The van der Waals surface area contributed by atoms with Crippen LogP contribution in [0, 0.1) is 0 Å². The van der Waals surface area contributed by atoms with Gasteiger partial charge in [0.1, 0.15) is 18.1 Å². The van der Waals surface area contributed by atoms with Gasteiger partial charge in [-0.1, -0.05) is 30.3 Å². The monoisotopic (exact) mass is 524 g/mol. The van der Waals surface area contributed by atoms with Crippen molar-refractivity contribution in [3.05, 3.63) is 35.9 Å². The molecule has 0 aromatic heterocycles. The van der Waals surface area contributed by atoms with Crippen molar-refractivity contribution >= 4 is 47.2 Å². The minimum atomic E-state index is -1.05.